The average Bonchev–Trinajstić information content (AvgIpc) is 2.71. The Hall–Kier alpha value is -0.580. The fourth-order valence-corrected chi connectivity index (χ4v) is 2.30. The van der Waals surface area contributed by atoms with E-state index < -0.39 is 0 Å². The molecule has 2 nitrogen and oxygen atoms in total. The predicted molar refractivity (Wildman–Crippen MR) is 68.9 cm³/mol. The van der Waals surface area contributed by atoms with E-state index in [9.17, 15) is 4.79 Å². The third-order valence-electron chi connectivity index (χ3n) is 2.80. The summed E-state index contributed by atoms with van der Waals surface area (Å²) in [6.45, 7) is 0. The Bertz CT molecular complexity index is 341. The van der Waals surface area contributed by atoms with Gasteiger partial charge in [-0.25, -0.2) is 0 Å². The minimum absolute atomic E-state index is 0.0679. The van der Waals surface area contributed by atoms with Gasteiger partial charge in [0.05, 0.1) is 0 Å². The summed E-state index contributed by atoms with van der Waals surface area (Å²) >= 11 is 2.24. The second kappa shape index (κ2) is 4.96. The van der Waals surface area contributed by atoms with Crippen molar-refractivity contribution >= 4 is 28.5 Å². The fraction of sp³-hybridized carbons (Fsp3) is 0.417. The molecule has 0 bridgehead atoms. The van der Waals surface area contributed by atoms with Gasteiger partial charge in [-0.2, -0.15) is 0 Å². The molecule has 1 aromatic rings. The molecule has 15 heavy (non-hydrogen) atoms. The first-order chi connectivity index (χ1) is 7.25. The first kappa shape index (κ1) is 10.9. The molecular formula is C12H14INO. The van der Waals surface area contributed by atoms with Crippen LogP contribution in [0.4, 0.5) is 0 Å². The van der Waals surface area contributed by atoms with Gasteiger partial charge in [-0.05, 0) is 59.7 Å². The molecule has 1 amide bonds. The molecular weight excluding hydrogens is 301 g/mol. The predicted octanol–water partition coefficient (Wildman–Crippen LogP) is 2.96. The Kier molecular flexibility index (Phi) is 3.61. The van der Waals surface area contributed by atoms with Crippen LogP contribution in [0.5, 0.6) is 0 Å². The molecule has 0 unspecified atom stereocenters. The summed E-state index contributed by atoms with van der Waals surface area (Å²) < 4.78 is 1.16. The Morgan fingerprint density at radius 2 is 1.80 bits per heavy atom. The average molecular weight is 315 g/mol. The summed E-state index contributed by atoms with van der Waals surface area (Å²) in [5.74, 6) is 0.0679. The maximum atomic E-state index is 11.8. The van der Waals surface area contributed by atoms with E-state index in [1.165, 1.54) is 12.8 Å². The molecule has 1 saturated carbocycles. The largest absolute Gasteiger partial charge is 0.349 e. The highest BCUT2D eigenvalue weighted by Gasteiger charge is 2.17. The highest BCUT2D eigenvalue weighted by molar-refractivity contribution is 14.1. The number of carbonyl (C=O) groups is 1. The Morgan fingerprint density at radius 1 is 1.20 bits per heavy atom. The maximum absolute atomic E-state index is 11.8. The zero-order chi connectivity index (χ0) is 10.7. The van der Waals surface area contributed by atoms with E-state index >= 15 is 0 Å². The molecule has 80 valence electrons. The van der Waals surface area contributed by atoms with Crippen molar-refractivity contribution in [1.82, 2.24) is 5.32 Å². The highest BCUT2D eigenvalue weighted by atomic mass is 127. The molecule has 1 fully saturated rings. The van der Waals surface area contributed by atoms with Crippen LogP contribution in [-0.2, 0) is 0 Å². The van der Waals surface area contributed by atoms with Gasteiger partial charge in [0.25, 0.3) is 5.91 Å². The fourth-order valence-electron chi connectivity index (χ4n) is 1.94. The second-order valence-corrected chi connectivity index (χ2v) is 5.21. The van der Waals surface area contributed by atoms with Crippen molar-refractivity contribution in [2.45, 2.75) is 31.7 Å². The summed E-state index contributed by atoms with van der Waals surface area (Å²) in [5, 5.41) is 3.07. The van der Waals surface area contributed by atoms with Crippen molar-refractivity contribution in [2.24, 2.45) is 0 Å². The quantitative estimate of drug-likeness (QED) is 0.835. The van der Waals surface area contributed by atoms with Gasteiger partial charge in [0.2, 0.25) is 0 Å². The number of amides is 1. The SMILES string of the molecule is O=C(NC1CCCC1)c1ccc(I)cc1. The van der Waals surface area contributed by atoms with Crippen molar-refractivity contribution in [3.63, 3.8) is 0 Å². The normalized spacial score (nSPS) is 16.6. The van der Waals surface area contributed by atoms with Gasteiger partial charge in [-0.3, -0.25) is 4.79 Å². The van der Waals surface area contributed by atoms with Gasteiger partial charge in [-0.1, -0.05) is 12.8 Å². The lowest BCUT2D eigenvalue weighted by Crippen LogP contribution is -2.32. The smallest absolute Gasteiger partial charge is 0.251 e. The van der Waals surface area contributed by atoms with E-state index in [1.807, 2.05) is 24.3 Å². The van der Waals surface area contributed by atoms with E-state index in [1.54, 1.807) is 0 Å². The Morgan fingerprint density at radius 3 is 2.40 bits per heavy atom. The molecule has 0 radical (unpaired) electrons. The first-order valence-electron chi connectivity index (χ1n) is 5.32. The number of hydrogen-bond acceptors (Lipinski definition) is 1. The van der Waals surface area contributed by atoms with Gasteiger partial charge in [0.15, 0.2) is 0 Å². The summed E-state index contributed by atoms with van der Waals surface area (Å²) in [4.78, 5) is 11.8. The first-order valence-corrected chi connectivity index (χ1v) is 6.40. The number of hydrogen-bond donors (Lipinski definition) is 1. The van der Waals surface area contributed by atoms with E-state index in [0.29, 0.717) is 6.04 Å². The lowest BCUT2D eigenvalue weighted by Gasteiger charge is -2.11. The van der Waals surface area contributed by atoms with Crippen LogP contribution in [0.15, 0.2) is 24.3 Å². The summed E-state index contributed by atoms with van der Waals surface area (Å²) in [7, 11) is 0. The number of nitrogens with one attached hydrogen (secondary N) is 1. The van der Waals surface area contributed by atoms with Crippen molar-refractivity contribution in [1.29, 1.82) is 0 Å². The maximum Gasteiger partial charge on any atom is 0.251 e. The summed E-state index contributed by atoms with van der Waals surface area (Å²) in [6, 6.07) is 8.09. The van der Waals surface area contributed by atoms with Gasteiger partial charge >= 0.3 is 0 Å². The van der Waals surface area contributed by atoms with E-state index in [2.05, 4.69) is 27.9 Å². The lowest BCUT2D eigenvalue weighted by atomic mass is 10.2. The number of carbonyl (C=O) groups excluding carboxylic acids is 1. The van der Waals surface area contributed by atoms with Crippen LogP contribution < -0.4 is 5.32 Å². The summed E-state index contributed by atoms with van der Waals surface area (Å²) in [5.41, 5.74) is 0.766. The van der Waals surface area contributed by atoms with E-state index in [-0.39, 0.29) is 5.91 Å². The van der Waals surface area contributed by atoms with Crippen LogP contribution in [-0.4, -0.2) is 11.9 Å². The van der Waals surface area contributed by atoms with Gasteiger partial charge in [0, 0.05) is 15.2 Å². The molecule has 0 aliphatic heterocycles. The van der Waals surface area contributed by atoms with Crippen LogP contribution in [0.25, 0.3) is 0 Å². The Labute approximate surface area is 104 Å². The van der Waals surface area contributed by atoms with Crippen molar-refractivity contribution in [2.75, 3.05) is 0 Å². The summed E-state index contributed by atoms with van der Waals surface area (Å²) in [6.07, 6.45) is 4.77. The van der Waals surface area contributed by atoms with Crippen LogP contribution in [0.3, 0.4) is 0 Å². The zero-order valence-corrected chi connectivity index (χ0v) is 10.7. The van der Waals surface area contributed by atoms with Crippen molar-refractivity contribution < 1.29 is 4.79 Å². The Balaban J connectivity index is 1.98. The molecule has 3 heteroatoms. The third-order valence-corrected chi connectivity index (χ3v) is 3.52. The van der Waals surface area contributed by atoms with Crippen LogP contribution in [0.1, 0.15) is 36.0 Å². The van der Waals surface area contributed by atoms with Crippen LogP contribution in [0, 0.1) is 3.57 Å². The van der Waals surface area contributed by atoms with Crippen LogP contribution >= 0.6 is 22.6 Å². The zero-order valence-electron chi connectivity index (χ0n) is 8.50. The second-order valence-electron chi connectivity index (χ2n) is 3.96. The van der Waals surface area contributed by atoms with Crippen LogP contribution in [0.2, 0.25) is 0 Å². The molecule has 0 saturated heterocycles. The van der Waals surface area contributed by atoms with Crippen molar-refractivity contribution in [3.8, 4) is 0 Å². The van der Waals surface area contributed by atoms with Gasteiger partial charge in [0.1, 0.15) is 0 Å². The minimum atomic E-state index is 0.0679. The van der Waals surface area contributed by atoms with E-state index in [0.717, 1.165) is 22.0 Å². The highest BCUT2D eigenvalue weighted by Crippen LogP contribution is 2.18. The standard InChI is InChI=1S/C12H14INO/c13-10-7-5-9(6-8-10)12(15)14-11-3-1-2-4-11/h5-8,11H,1-4H2,(H,14,15). The number of halogens is 1. The molecule has 0 aromatic heterocycles. The minimum Gasteiger partial charge on any atom is -0.349 e. The van der Waals surface area contributed by atoms with Gasteiger partial charge in [-0.15, -0.1) is 0 Å². The lowest BCUT2D eigenvalue weighted by molar-refractivity contribution is 0.0938. The molecule has 0 heterocycles. The molecule has 0 atom stereocenters. The molecule has 1 aliphatic rings. The van der Waals surface area contributed by atoms with E-state index in [4.69, 9.17) is 0 Å². The number of rotatable bonds is 2. The molecule has 0 spiro atoms. The van der Waals surface area contributed by atoms with Crippen molar-refractivity contribution in [3.05, 3.63) is 33.4 Å². The van der Waals surface area contributed by atoms with Gasteiger partial charge < -0.3 is 5.32 Å². The third kappa shape index (κ3) is 2.93. The topological polar surface area (TPSA) is 29.1 Å². The monoisotopic (exact) mass is 315 g/mol. The molecule has 2 rings (SSSR count). The number of benzene rings is 1. The molecule has 1 N–H and O–H groups in total. The molecule has 1 aromatic carbocycles. The molecule has 1 aliphatic carbocycles.